The van der Waals surface area contributed by atoms with Crippen LogP contribution in [0.3, 0.4) is 0 Å². The van der Waals surface area contributed by atoms with E-state index >= 15 is 0 Å². The molecule has 1 fully saturated rings. The van der Waals surface area contributed by atoms with E-state index in [4.69, 9.17) is 0 Å². The predicted octanol–water partition coefficient (Wildman–Crippen LogP) is 1.72. The summed E-state index contributed by atoms with van der Waals surface area (Å²) in [6, 6.07) is 0. The zero-order valence-electron chi connectivity index (χ0n) is 9.18. The monoisotopic (exact) mass is 184 g/mol. The van der Waals surface area contributed by atoms with Crippen molar-refractivity contribution in [2.24, 2.45) is 5.92 Å². The van der Waals surface area contributed by atoms with Gasteiger partial charge in [-0.3, -0.25) is 0 Å². The minimum absolute atomic E-state index is 0.948. The summed E-state index contributed by atoms with van der Waals surface area (Å²) in [5.41, 5.74) is 0. The van der Waals surface area contributed by atoms with E-state index in [2.05, 4.69) is 24.1 Å². The van der Waals surface area contributed by atoms with Gasteiger partial charge in [0.1, 0.15) is 0 Å². The highest BCUT2D eigenvalue weighted by molar-refractivity contribution is 4.67. The zero-order chi connectivity index (χ0) is 9.52. The molecule has 2 heteroatoms. The van der Waals surface area contributed by atoms with E-state index in [-0.39, 0.29) is 0 Å². The molecule has 1 aliphatic rings. The fourth-order valence-corrected chi connectivity index (χ4v) is 1.96. The van der Waals surface area contributed by atoms with Gasteiger partial charge in [0.15, 0.2) is 0 Å². The summed E-state index contributed by atoms with van der Waals surface area (Å²) >= 11 is 0. The Hall–Kier alpha value is -0.0800. The van der Waals surface area contributed by atoms with Gasteiger partial charge in [0.25, 0.3) is 0 Å². The van der Waals surface area contributed by atoms with Crippen LogP contribution in [0.15, 0.2) is 0 Å². The predicted molar refractivity (Wildman–Crippen MR) is 58.0 cm³/mol. The molecule has 0 amide bonds. The number of likely N-dealkylation sites (tertiary alicyclic amines) is 1. The molecular formula is C11H24N2. The first-order chi connectivity index (χ1) is 6.33. The first-order valence-corrected chi connectivity index (χ1v) is 5.76. The highest BCUT2D eigenvalue weighted by Crippen LogP contribution is 2.15. The lowest BCUT2D eigenvalue weighted by Gasteiger charge is -2.19. The number of nitrogens with zero attached hydrogens (tertiary/aromatic N) is 1. The fourth-order valence-electron chi connectivity index (χ4n) is 1.96. The van der Waals surface area contributed by atoms with Crippen LogP contribution in [-0.2, 0) is 0 Å². The minimum atomic E-state index is 0.948. The van der Waals surface area contributed by atoms with E-state index < -0.39 is 0 Å². The van der Waals surface area contributed by atoms with Crippen LogP contribution in [0, 0.1) is 5.92 Å². The van der Waals surface area contributed by atoms with Gasteiger partial charge < -0.3 is 10.2 Å². The Morgan fingerprint density at radius 1 is 1.31 bits per heavy atom. The summed E-state index contributed by atoms with van der Waals surface area (Å²) in [5, 5.41) is 3.39. The summed E-state index contributed by atoms with van der Waals surface area (Å²) in [7, 11) is 0. The lowest BCUT2D eigenvalue weighted by Crippen LogP contribution is -2.32. The van der Waals surface area contributed by atoms with Gasteiger partial charge in [-0.1, -0.05) is 13.8 Å². The summed E-state index contributed by atoms with van der Waals surface area (Å²) in [4.78, 5) is 2.60. The molecule has 13 heavy (non-hydrogen) atoms. The third-order valence-corrected chi connectivity index (χ3v) is 2.96. The normalized spacial score (nSPS) is 25.8. The van der Waals surface area contributed by atoms with Crippen molar-refractivity contribution >= 4 is 0 Å². The van der Waals surface area contributed by atoms with Crippen molar-refractivity contribution in [2.45, 2.75) is 33.1 Å². The van der Waals surface area contributed by atoms with Crippen LogP contribution in [0.5, 0.6) is 0 Å². The van der Waals surface area contributed by atoms with Crippen LogP contribution in [-0.4, -0.2) is 37.6 Å². The molecular weight excluding hydrogens is 160 g/mol. The molecule has 0 saturated carbocycles. The average Bonchev–Trinajstić information content (AvgIpc) is 2.32. The molecule has 0 radical (unpaired) electrons. The topological polar surface area (TPSA) is 15.3 Å². The summed E-state index contributed by atoms with van der Waals surface area (Å²) < 4.78 is 0. The van der Waals surface area contributed by atoms with Crippen LogP contribution < -0.4 is 5.32 Å². The van der Waals surface area contributed by atoms with Gasteiger partial charge in [0.05, 0.1) is 0 Å². The van der Waals surface area contributed by atoms with E-state index in [0.29, 0.717) is 0 Å². The van der Waals surface area contributed by atoms with E-state index in [1.54, 1.807) is 0 Å². The Morgan fingerprint density at radius 2 is 2.15 bits per heavy atom. The van der Waals surface area contributed by atoms with Crippen molar-refractivity contribution < 1.29 is 0 Å². The van der Waals surface area contributed by atoms with Gasteiger partial charge in [0.2, 0.25) is 0 Å². The van der Waals surface area contributed by atoms with Gasteiger partial charge in [-0.2, -0.15) is 0 Å². The van der Waals surface area contributed by atoms with Crippen molar-refractivity contribution in [1.82, 2.24) is 10.2 Å². The maximum atomic E-state index is 3.39. The second kappa shape index (κ2) is 6.39. The van der Waals surface area contributed by atoms with Crippen molar-refractivity contribution in [3.8, 4) is 0 Å². The van der Waals surface area contributed by atoms with Crippen LogP contribution in [0.25, 0.3) is 0 Å². The summed E-state index contributed by atoms with van der Waals surface area (Å²) in [6.45, 7) is 10.7. The van der Waals surface area contributed by atoms with E-state index in [9.17, 15) is 0 Å². The van der Waals surface area contributed by atoms with Crippen molar-refractivity contribution in [3.63, 3.8) is 0 Å². The third-order valence-electron chi connectivity index (χ3n) is 2.96. The van der Waals surface area contributed by atoms with Gasteiger partial charge in [-0.25, -0.2) is 0 Å². The SMILES string of the molecule is CCNCCN1CCCC(C)CC1. The Labute approximate surface area is 82.7 Å². The van der Waals surface area contributed by atoms with E-state index in [1.165, 1.54) is 38.9 Å². The molecule has 1 atom stereocenters. The van der Waals surface area contributed by atoms with Crippen molar-refractivity contribution in [2.75, 3.05) is 32.7 Å². The zero-order valence-corrected chi connectivity index (χ0v) is 9.18. The second-order valence-electron chi connectivity index (χ2n) is 4.23. The molecule has 78 valence electrons. The molecule has 0 aromatic rings. The van der Waals surface area contributed by atoms with Crippen molar-refractivity contribution in [1.29, 1.82) is 0 Å². The fraction of sp³-hybridized carbons (Fsp3) is 1.00. The Balaban J connectivity index is 2.11. The van der Waals surface area contributed by atoms with Crippen molar-refractivity contribution in [3.05, 3.63) is 0 Å². The van der Waals surface area contributed by atoms with Gasteiger partial charge >= 0.3 is 0 Å². The second-order valence-corrected chi connectivity index (χ2v) is 4.23. The number of rotatable bonds is 4. The van der Waals surface area contributed by atoms with E-state index in [1.807, 2.05) is 0 Å². The van der Waals surface area contributed by atoms with Crippen LogP contribution in [0.2, 0.25) is 0 Å². The maximum Gasteiger partial charge on any atom is 0.0107 e. The van der Waals surface area contributed by atoms with Crippen LogP contribution in [0.1, 0.15) is 33.1 Å². The first-order valence-electron chi connectivity index (χ1n) is 5.76. The highest BCUT2D eigenvalue weighted by Gasteiger charge is 2.12. The Morgan fingerprint density at radius 3 is 2.92 bits per heavy atom. The summed E-state index contributed by atoms with van der Waals surface area (Å²) in [5.74, 6) is 0.948. The molecule has 1 unspecified atom stereocenters. The smallest absolute Gasteiger partial charge is 0.0107 e. The number of hydrogen-bond donors (Lipinski definition) is 1. The first kappa shape index (κ1) is 11.0. The molecule has 0 aromatic heterocycles. The van der Waals surface area contributed by atoms with Gasteiger partial charge in [-0.05, 0) is 44.8 Å². The lowest BCUT2D eigenvalue weighted by atomic mass is 10.0. The molecule has 1 saturated heterocycles. The Kier molecular flexibility index (Phi) is 5.40. The molecule has 0 aromatic carbocycles. The quantitative estimate of drug-likeness (QED) is 0.669. The largest absolute Gasteiger partial charge is 0.316 e. The van der Waals surface area contributed by atoms with E-state index in [0.717, 1.165) is 19.0 Å². The highest BCUT2D eigenvalue weighted by atomic mass is 15.1. The molecule has 1 aliphatic heterocycles. The molecule has 2 nitrogen and oxygen atoms in total. The molecule has 0 bridgehead atoms. The number of hydrogen-bond acceptors (Lipinski definition) is 2. The van der Waals surface area contributed by atoms with Gasteiger partial charge in [-0.15, -0.1) is 0 Å². The van der Waals surface area contributed by atoms with Crippen LogP contribution >= 0.6 is 0 Å². The summed E-state index contributed by atoms with van der Waals surface area (Å²) in [6.07, 6.45) is 4.22. The number of likely N-dealkylation sites (N-methyl/N-ethyl adjacent to an activating group) is 1. The average molecular weight is 184 g/mol. The molecule has 0 aliphatic carbocycles. The molecule has 1 N–H and O–H groups in total. The Bertz CT molecular complexity index is 125. The minimum Gasteiger partial charge on any atom is -0.316 e. The molecule has 0 spiro atoms. The van der Waals surface area contributed by atoms with Gasteiger partial charge in [0, 0.05) is 13.1 Å². The lowest BCUT2D eigenvalue weighted by molar-refractivity contribution is 0.282. The molecule has 1 rings (SSSR count). The maximum absolute atomic E-state index is 3.39. The number of nitrogens with one attached hydrogen (secondary N) is 1. The molecule has 1 heterocycles. The third kappa shape index (κ3) is 4.63. The standard InChI is InChI=1S/C11H24N2/c1-3-12-7-10-13-8-4-5-11(2)6-9-13/h11-12H,3-10H2,1-2H3. The van der Waals surface area contributed by atoms with Crippen LogP contribution in [0.4, 0.5) is 0 Å².